The van der Waals surface area contributed by atoms with E-state index < -0.39 is 0 Å². The highest BCUT2D eigenvalue weighted by Crippen LogP contribution is 2.19. The molecule has 1 heterocycles. The van der Waals surface area contributed by atoms with Crippen molar-refractivity contribution in [2.24, 2.45) is 0 Å². The van der Waals surface area contributed by atoms with Crippen LogP contribution in [0.5, 0.6) is 0 Å². The van der Waals surface area contributed by atoms with Gasteiger partial charge in [-0.3, -0.25) is 4.79 Å². The number of halogens is 1. The van der Waals surface area contributed by atoms with Crippen molar-refractivity contribution >= 4 is 21.8 Å². The lowest BCUT2D eigenvalue weighted by Crippen LogP contribution is -2.42. The number of rotatable bonds is 1. The summed E-state index contributed by atoms with van der Waals surface area (Å²) in [5.74, 6) is -0.0741. The highest BCUT2D eigenvalue weighted by molar-refractivity contribution is 9.10. The van der Waals surface area contributed by atoms with E-state index in [4.69, 9.17) is 0 Å². The first-order valence-corrected chi connectivity index (χ1v) is 7.77. The topological polar surface area (TPSA) is 45.2 Å². The summed E-state index contributed by atoms with van der Waals surface area (Å²) in [6.07, 6.45) is 1.62. The first-order chi connectivity index (χ1) is 9.40. The van der Waals surface area contributed by atoms with Crippen LogP contribution >= 0.6 is 15.9 Å². The minimum atomic E-state index is -0.200. The van der Waals surface area contributed by atoms with Crippen LogP contribution in [0.1, 0.15) is 52.0 Å². The summed E-state index contributed by atoms with van der Waals surface area (Å²) < 4.78 is 0.728. The Morgan fingerprint density at radius 1 is 1.24 bits per heavy atom. The van der Waals surface area contributed by atoms with Gasteiger partial charge in [-0.1, -0.05) is 0 Å². The van der Waals surface area contributed by atoms with Crippen LogP contribution in [-0.4, -0.2) is 41.0 Å². The summed E-state index contributed by atoms with van der Waals surface area (Å²) in [4.78, 5) is 17.8. The van der Waals surface area contributed by atoms with E-state index in [0.717, 1.165) is 4.47 Å². The SMILES string of the molecule is CN(C(=O)c1ncccc1Br)C(C)(C)C.CNC(C)(C)C. The lowest BCUT2D eigenvalue weighted by atomic mass is 10.1. The number of pyridine rings is 1. The number of nitrogens with zero attached hydrogens (tertiary/aromatic N) is 2. The summed E-state index contributed by atoms with van der Waals surface area (Å²) >= 11 is 3.32. The predicted octanol–water partition coefficient (Wildman–Crippen LogP) is 3.72. The van der Waals surface area contributed by atoms with Crippen LogP contribution in [0, 0.1) is 0 Å². The van der Waals surface area contributed by atoms with Crippen LogP contribution in [-0.2, 0) is 0 Å². The number of hydrogen-bond donors (Lipinski definition) is 1. The van der Waals surface area contributed by atoms with Crippen molar-refractivity contribution in [1.82, 2.24) is 15.2 Å². The molecule has 0 fully saturated rings. The number of hydrogen-bond acceptors (Lipinski definition) is 3. The first kappa shape index (κ1) is 20.1. The van der Waals surface area contributed by atoms with Gasteiger partial charge in [0.25, 0.3) is 5.91 Å². The maximum atomic E-state index is 12.0. The van der Waals surface area contributed by atoms with E-state index in [1.807, 2.05) is 33.9 Å². The molecule has 0 aliphatic heterocycles. The molecule has 5 heteroatoms. The van der Waals surface area contributed by atoms with Crippen molar-refractivity contribution in [3.63, 3.8) is 0 Å². The molecule has 1 aromatic heterocycles. The molecule has 0 aromatic carbocycles. The average Bonchev–Trinajstić information content (AvgIpc) is 2.36. The van der Waals surface area contributed by atoms with Crippen molar-refractivity contribution in [2.75, 3.05) is 14.1 Å². The van der Waals surface area contributed by atoms with Gasteiger partial charge < -0.3 is 10.2 Å². The summed E-state index contributed by atoms with van der Waals surface area (Å²) in [6.45, 7) is 12.4. The van der Waals surface area contributed by atoms with Gasteiger partial charge in [0.15, 0.2) is 0 Å². The quantitative estimate of drug-likeness (QED) is 0.832. The van der Waals surface area contributed by atoms with Crippen molar-refractivity contribution in [2.45, 2.75) is 52.6 Å². The molecule has 0 bridgehead atoms. The minimum absolute atomic E-state index is 0.0741. The fraction of sp³-hybridized carbons (Fsp3) is 0.625. The molecular formula is C16H28BrN3O. The van der Waals surface area contributed by atoms with Gasteiger partial charge in [-0.25, -0.2) is 4.98 Å². The third-order valence-electron chi connectivity index (χ3n) is 3.02. The lowest BCUT2D eigenvalue weighted by Gasteiger charge is -2.31. The molecule has 0 atom stereocenters. The van der Waals surface area contributed by atoms with Gasteiger partial charge in [-0.2, -0.15) is 0 Å². The Labute approximate surface area is 137 Å². The maximum absolute atomic E-state index is 12.0. The zero-order valence-electron chi connectivity index (χ0n) is 14.4. The van der Waals surface area contributed by atoms with Crippen LogP contribution in [0.25, 0.3) is 0 Å². The molecule has 120 valence electrons. The van der Waals surface area contributed by atoms with Crippen LogP contribution < -0.4 is 5.32 Å². The molecule has 1 N–H and O–H groups in total. The average molecular weight is 358 g/mol. The van der Waals surface area contributed by atoms with Gasteiger partial charge in [-0.05, 0) is 76.7 Å². The first-order valence-electron chi connectivity index (χ1n) is 6.97. The Morgan fingerprint density at radius 3 is 2.05 bits per heavy atom. The van der Waals surface area contributed by atoms with Gasteiger partial charge >= 0.3 is 0 Å². The highest BCUT2D eigenvalue weighted by atomic mass is 79.9. The second-order valence-electron chi connectivity index (χ2n) is 6.87. The van der Waals surface area contributed by atoms with E-state index in [1.165, 1.54) is 0 Å². The normalized spacial score (nSPS) is 11.5. The van der Waals surface area contributed by atoms with Crippen LogP contribution in [0.4, 0.5) is 0 Å². The number of carbonyl (C=O) groups excluding carboxylic acids is 1. The fourth-order valence-electron chi connectivity index (χ4n) is 1.01. The van der Waals surface area contributed by atoms with Gasteiger partial charge in [0, 0.05) is 28.8 Å². The molecule has 21 heavy (non-hydrogen) atoms. The molecule has 1 rings (SSSR count). The van der Waals surface area contributed by atoms with E-state index in [0.29, 0.717) is 11.2 Å². The second-order valence-corrected chi connectivity index (χ2v) is 7.72. The van der Waals surface area contributed by atoms with Crippen molar-refractivity contribution < 1.29 is 4.79 Å². The third kappa shape index (κ3) is 7.58. The van der Waals surface area contributed by atoms with E-state index >= 15 is 0 Å². The van der Waals surface area contributed by atoms with Crippen LogP contribution in [0.15, 0.2) is 22.8 Å². The largest absolute Gasteiger partial charge is 0.335 e. The summed E-state index contributed by atoms with van der Waals surface area (Å²) in [6, 6.07) is 3.61. The Balaban J connectivity index is 0.000000567. The van der Waals surface area contributed by atoms with E-state index in [1.54, 1.807) is 24.2 Å². The van der Waals surface area contributed by atoms with Crippen molar-refractivity contribution in [3.05, 3.63) is 28.5 Å². The van der Waals surface area contributed by atoms with E-state index in [2.05, 4.69) is 47.0 Å². The summed E-state index contributed by atoms with van der Waals surface area (Å²) in [7, 11) is 3.74. The van der Waals surface area contributed by atoms with Gasteiger partial charge in [-0.15, -0.1) is 0 Å². The highest BCUT2D eigenvalue weighted by Gasteiger charge is 2.25. The van der Waals surface area contributed by atoms with Crippen molar-refractivity contribution in [3.8, 4) is 0 Å². The monoisotopic (exact) mass is 357 g/mol. The molecule has 0 radical (unpaired) electrons. The smallest absolute Gasteiger partial charge is 0.273 e. The Kier molecular flexibility index (Phi) is 7.54. The van der Waals surface area contributed by atoms with Crippen LogP contribution in [0.2, 0.25) is 0 Å². The number of aromatic nitrogens is 1. The van der Waals surface area contributed by atoms with E-state index in [-0.39, 0.29) is 11.4 Å². The summed E-state index contributed by atoms with van der Waals surface area (Å²) in [5.41, 5.74) is 0.545. The Hall–Kier alpha value is -0.940. The fourth-order valence-corrected chi connectivity index (χ4v) is 1.43. The van der Waals surface area contributed by atoms with Gasteiger partial charge in [0.2, 0.25) is 0 Å². The van der Waals surface area contributed by atoms with Gasteiger partial charge in [0.1, 0.15) is 5.69 Å². The Morgan fingerprint density at radius 2 is 1.71 bits per heavy atom. The molecule has 0 saturated carbocycles. The molecule has 0 aliphatic rings. The van der Waals surface area contributed by atoms with Crippen LogP contribution in [0.3, 0.4) is 0 Å². The Bertz CT molecular complexity index is 461. The molecule has 1 amide bonds. The molecule has 0 saturated heterocycles. The number of carbonyl (C=O) groups is 1. The second kappa shape index (κ2) is 7.90. The minimum Gasteiger partial charge on any atom is -0.335 e. The maximum Gasteiger partial charge on any atom is 0.273 e. The molecule has 0 aliphatic carbocycles. The predicted molar refractivity (Wildman–Crippen MR) is 92.6 cm³/mol. The molecule has 0 unspecified atom stereocenters. The number of amides is 1. The van der Waals surface area contributed by atoms with Crippen molar-refractivity contribution in [1.29, 1.82) is 0 Å². The zero-order valence-corrected chi connectivity index (χ0v) is 16.0. The third-order valence-corrected chi connectivity index (χ3v) is 3.66. The molecule has 0 spiro atoms. The van der Waals surface area contributed by atoms with E-state index in [9.17, 15) is 4.79 Å². The molecular weight excluding hydrogens is 330 g/mol. The van der Waals surface area contributed by atoms with Gasteiger partial charge in [0.05, 0.1) is 0 Å². The lowest BCUT2D eigenvalue weighted by molar-refractivity contribution is 0.0648. The standard InChI is InChI=1S/C11H15BrN2O.C5H13N/c1-11(2,3)14(4)10(15)9-8(12)6-5-7-13-9;1-5(2,3)6-4/h5-7H,1-4H3;6H,1-4H3. The number of nitrogens with one attached hydrogen (secondary N) is 1. The molecule has 4 nitrogen and oxygen atoms in total. The zero-order chi connectivity index (χ0) is 16.8. The molecule has 1 aromatic rings. The summed E-state index contributed by atoms with van der Waals surface area (Å²) in [5, 5.41) is 3.10.